The van der Waals surface area contributed by atoms with E-state index < -0.39 is 6.09 Å². The highest BCUT2D eigenvalue weighted by molar-refractivity contribution is 5.69. The Kier molecular flexibility index (Phi) is 9.13. The minimum atomic E-state index is -0.460. The van der Waals surface area contributed by atoms with Crippen molar-refractivity contribution in [2.75, 3.05) is 6.54 Å². The molecule has 5 heteroatoms. The van der Waals surface area contributed by atoms with Crippen molar-refractivity contribution < 1.29 is 9.53 Å². The summed E-state index contributed by atoms with van der Waals surface area (Å²) in [7, 11) is 0. The Morgan fingerprint density at radius 3 is 2.40 bits per heavy atom. The average Bonchev–Trinajstić information content (AvgIpc) is 3.08. The van der Waals surface area contributed by atoms with E-state index >= 15 is 0 Å². The zero-order valence-corrected chi connectivity index (χ0v) is 18.7. The van der Waals surface area contributed by atoms with E-state index in [1.807, 2.05) is 24.6 Å². The van der Waals surface area contributed by atoms with E-state index in [4.69, 9.17) is 4.74 Å². The summed E-state index contributed by atoms with van der Waals surface area (Å²) < 4.78 is 7.04. The number of hydrogen-bond acceptors (Lipinski definition) is 3. The van der Waals surface area contributed by atoms with Gasteiger partial charge in [-0.1, -0.05) is 67.9 Å². The van der Waals surface area contributed by atoms with Gasteiger partial charge in [-0.25, -0.2) is 4.79 Å². The van der Waals surface area contributed by atoms with Crippen LogP contribution in [0.25, 0.3) is 0 Å². The van der Waals surface area contributed by atoms with E-state index in [1.54, 1.807) is 6.07 Å². The molecule has 0 saturated carbocycles. The zero-order chi connectivity index (χ0) is 21.9. The van der Waals surface area contributed by atoms with Crippen molar-refractivity contribution in [3.05, 3.63) is 82.5 Å². The van der Waals surface area contributed by atoms with E-state index in [2.05, 4.69) is 73.7 Å². The van der Waals surface area contributed by atoms with Gasteiger partial charge in [-0.3, -0.25) is 4.68 Å². The lowest BCUT2D eigenvalue weighted by Gasteiger charge is -2.08. The first kappa shape index (κ1) is 23.2. The van der Waals surface area contributed by atoms with Gasteiger partial charge in [0.05, 0.1) is 6.54 Å². The van der Waals surface area contributed by atoms with Gasteiger partial charge in [0.1, 0.15) is 0 Å². The number of carbonyl (C=O) groups excluding carboxylic acids is 1. The second-order valence-electron chi connectivity index (χ2n) is 7.37. The summed E-state index contributed by atoms with van der Waals surface area (Å²) >= 11 is 0. The van der Waals surface area contributed by atoms with Crippen LogP contribution in [-0.4, -0.2) is 22.4 Å². The van der Waals surface area contributed by atoms with Crippen molar-refractivity contribution in [2.24, 2.45) is 0 Å². The third-order valence-electron chi connectivity index (χ3n) is 4.75. The van der Waals surface area contributed by atoms with Crippen LogP contribution in [0.4, 0.5) is 4.79 Å². The summed E-state index contributed by atoms with van der Waals surface area (Å²) in [6.45, 7) is 11.5. The van der Waals surface area contributed by atoms with Crippen LogP contribution in [0.1, 0.15) is 48.2 Å². The molecule has 1 heterocycles. The van der Waals surface area contributed by atoms with Crippen molar-refractivity contribution >= 4 is 6.09 Å². The van der Waals surface area contributed by atoms with Gasteiger partial charge in [-0.05, 0) is 50.3 Å². The molecule has 0 radical (unpaired) electrons. The maximum Gasteiger partial charge on any atom is 0.413 e. The molecule has 1 amide bonds. The van der Waals surface area contributed by atoms with Crippen LogP contribution in [0, 0.1) is 20.8 Å². The molecule has 0 aliphatic carbocycles. The van der Waals surface area contributed by atoms with E-state index in [9.17, 15) is 4.79 Å². The Bertz CT molecular complexity index is 933. The Morgan fingerprint density at radius 2 is 1.77 bits per heavy atom. The van der Waals surface area contributed by atoms with Crippen LogP contribution in [0.3, 0.4) is 0 Å². The highest BCUT2D eigenvalue weighted by Crippen LogP contribution is 2.16. The summed E-state index contributed by atoms with van der Waals surface area (Å²) in [6, 6.07) is 18.6. The Morgan fingerprint density at radius 1 is 1.03 bits per heavy atom. The summed E-state index contributed by atoms with van der Waals surface area (Å²) in [5, 5.41) is 7.02. The number of ether oxygens (including phenoxy) is 1. The fourth-order valence-corrected chi connectivity index (χ4v) is 2.89. The number of amides is 1. The Balaban J connectivity index is 0.000000335. The normalized spacial score (nSPS) is 10.2. The zero-order valence-electron chi connectivity index (χ0n) is 18.7. The van der Waals surface area contributed by atoms with E-state index in [0.29, 0.717) is 19.0 Å². The molecule has 0 aliphatic heterocycles. The monoisotopic (exact) mass is 407 g/mol. The molecule has 0 bridgehead atoms. The van der Waals surface area contributed by atoms with Crippen LogP contribution < -0.4 is 10.1 Å². The first-order valence-electron chi connectivity index (χ1n) is 10.5. The fraction of sp³-hybridized carbons (Fsp3) is 0.360. The maximum absolute atomic E-state index is 11.6. The number of rotatable bonds is 6. The third-order valence-corrected chi connectivity index (χ3v) is 4.75. The molecule has 0 spiro atoms. The smallest absolute Gasteiger partial charge is 0.390 e. The molecule has 0 aliphatic rings. The minimum Gasteiger partial charge on any atom is -0.390 e. The molecule has 5 nitrogen and oxygen atoms in total. The van der Waals surface area contributed by atoms with E-state index in [-0.39, 0.29) is 0 Å². The van der Waals surface area contributed by atoms with Crippen molar-refractivity contribution in [1.29, 1.82) is 0 Å². The van der Waals surface area contributed by atoms with Gasteiger partial charge in [-0.2, -0.15) is 0 Å². The molecule has 2 aromatic carbocycles. The molecule has 1 N–H and O–H groups in total. The first-order chi connectivity index (χ1) is 14.4. The predicted octanol–water partition coefficient (Wildman–Crippen LogP) is 5.60. The van der Waals surface area contributed by atoms with Gasteiger partial charge < -0.3 is 10.1 Å². The number of benzene rings is 2. The Hall–Kier alpha value is -3.08. The molecule has 1 aromatic heterocycles. The molecule has 0 saturated heterocycles. The highest BCUT2D eigenvalue weighted by atomic mass is 16.6. The highest BCUT2D eigenvalue weighted by Gasteiger charge is 2.10. The predicted molar refractivity (Wildman–Crippen MR) is 122 cm³/mol. The van der Waals surface area contributed by atoms with Crippen LogP contribution in [-0.2, 0) is 13.0 Å². The number of hydrogen-bond donors (Lipinski definition) is 1. The van der Waals surface area contributed by atoms with Crippen molar-refractivity contribution in [2.45, 2.75) is 54.0 Å². The lowest BCUT2D eigenvalue weighted by atomic mass is 10.1. The second-order valence-corrected chi connectivity index (χ2v) is 7.37. The summed E-state index contributed by atoms with van der Waals surface area (Å²) in [4.78, 5) is 11.6. The number of carbonyl (C=O) groups is 1. The molecular weight excluding hydrogens is 374 g/mol. The SMILES string of the molecule is CCCNC(=O)Oc1cc(C)n(Cc2cc(C)ccc2C)n1.CCc1ccccc1. The van der Waals surface area contributed by atoms with Crippen molar-refractivity contribution in [1.82, 2.24) is 15.1 Å². The van der Waals surface area contributed by atoms with Gasteiger partial charge >= 0.3 is 6.09 Å². The molecule has 3 rings (SSSR count). The van der Waals surface area contributed by atoms with Crippen LogP contribution in [0.15, 0.2) is 54.6 Å². The van der Waals surface area contributed by atoms with Crippen molar-refractivity contribution in [3.8, 4) is 5.88 Å². The van der Waals surface area contributed by atoms with Crippen LogP contribution in [0.2, 0.25) is 0 Å². The first-order valence-corrected chi connectivity index (χ1v) is 10.5. The van der Waals surface area contributed by atoms with E-state index in [0.717, 1.165) is 18.5 Å². The standard InChI is InChI=1S/C17H23N3O2.C8H10/c1-5-8-18-17(21)22-16-10-14(4)20(19-16)11-15-9-12(2)6-7-13(15)3;1-2-8-6-4-3-5-7-8/h6-7,9-10H,5,8,11H2,1-4H3,(H,18,21);3-7H,2H2,1H3. The number of nitrogens with one attached hydrogen (secondary N) is 1. The Labute approximate surface area is 180 Å². The van der Waals surface area contributed by atoms with Gasteiger partial charge in [0.2, 0.25) is 5.88 Å². The number of aromatic nitrogens is 2. The van der Waals surface area contributed by atoms with Crippen molar-refractivity contribution in [3.63, 3.8) is 0 Å². The van der Waals surface area contributed by atoms with Crippen LogP contribution >= 0.6 is 0 Å². The molecule has 0 fully saturated rings. The van der Waals surface area contributed by atoms with Gasteiger partial charge in [0, 0.05) is 18.3 Å². The third kappa shape index (κ3) is 7.39. The molecule has 0 atom stereocenters. The lowest BCUT2D eigenvalue weighted by Crippen LogP contribution is -2.27. The van der Waals surface area contributed by atoms with E-state index in [1.165, 1.54) is 22.3 Å². The molecule has 30 heavy (non-hydrogen) atoms. The van der Waals surface area contributed by atoms with Gasteiger partial charge in [0.25, 0.3) is 0 Å². The number of nitrogens with zero attached hydrogens (tertiary/aromatic N) is 2. The molecule has 0 unspecified atom stereocenters. The van der Waals surface area contributed by atoms with Gasteiger partial charge in [-0.15, -0.1) is 5.10 Å². The lowest BCUT2D eigenvalue weighted by molar-refractivity contribution is 0.198. The molecule has 160 valence electrons. The molecule has 3 aromatic rings. The van der Waals surface area contributed by atoms with Gasteiger partial charge in [0.15, 0.2) is 0 Å². The second kappa shape index (κ2) is 11.8. The molecular formula is C25H33N3O2. The number of aryl methyl sites for hydroxylation is 4. The average molecular weight is 408 g/mol. The largest absolute Gasteiger partial charge is 0.413 e. The van der Waals surface area contributed by atoms with Crippen LogP contribution in [0.5, 0.6) is 5.88 Å². The minimum absolute atomic E-state index is 0.330. The topological polar surface area (TPSA) is 56.1 Å². The summed E-state index contributed by atoms with van der Waals surface area (Å²) in [5.74, 6) is 0.330. The maximum atomic E-state index is 11.6. The fourth-order valence-electron chi connectivity index (χ4n) is 2.89. The summed E-state index contributed by atoms with van der Waals surface area (Å²) in [6.07, 6.45) is 1.55. The summed E-state index contributed by atoms with van der Waals surface area (Å²) in [5.41, 5.74) is 6.03. The quantitative estimate of drug-likeness (QED) is 0.578.